The summed E-state index contributed by atoms with van der Waals surface area (Å²) in [7, 11) is 0. The van der Waals surface area contributed by atoms with Crippen molar-refractivity contribution in [1.29, 1.82) is 0 Å². The molecule has 0 saturated carbocycles. The van der Waals surface area contributed by atoms with Gasteiger partial charge in [-0.3, -0.25) is 4.39 Å². The number of aliphatic hydroxyl groups is 1. The summed E-state index contributed by atoms with van der Waals surface area (Å²) >= 11 is 0. The molecule has 0 spiro atoms. The van der Waals surface area contributed by atoms with Crippen LogP contribution in [-0.4, -0.2) is 18.4 Å². The molecule has 2 unspecified atom stereocenters. The maximum absolute atomic E-state index is 12.3. The van der Waals surface area contributed by atoms with Crippen molar-refractivity contribution in [3.8, 4) is 0 Å². The topological polar surface area (TPSA) is 20.2 Å². The SMILES string of the molecule is CCCc1ccc(C(C)CCC(CO)CCF)cc1. The zero-order valence-corrected chi connectivity index (χ0v) is 12.2. The predicted octanol–water partition coefficient (Wildman–Crippen LogP) is 4.49. The monoisotopic (exact) mass is 266 g/mol. The number of aliphatic hydroxyl groups excluding tert-OH is 1. The minimum atomic E-state index is -0.328. The Kier molecular flexibility index (Phi) is 7.73. The van der Waals surface area contributed by atoms with Crippen LogP contribution in [0, 0.1) is 5.92 Å². The van der Waals surface area contributed by atoms with E-state index in [4.69, 9.17) is 5.11 Å². The van der Waals surface area contributed by atoms with Crippen molar-refractivity contribution in [2.75, 3.05) is 13.3 Å². The minimum absolute atomic E-state index is 0.103. The van der Waals surface area contributed by atoms with Gasteiger partial charge < -0.3 is 5.11 Å². The number of benzene rings is 1. The highest BCUT2D eigenvalue weighted by Crippen LogP contribution is 2.24. The summed E-state index contributed by atoms with van der Waals surface area (Å²) in [6.45, 7) is 4.17. The van der Waals surface area contributed by atoms with Gasteiger partial charge in [-0.25, -0.2) is 0 Å². The van der Waals surface area contributed by atoms with E-state index >= 15 is 0 Å². The fraction of sp³-hybridized carbons (Fsp3) is 0.647. The quantitative estimate of drug-likeness (QED) is 0.698. The molecular formula is C17H27FO. The minimum Gasteiger partial charge on any atom is -0.396 e. The second kappa shape index (κ2) is 9.08. The van der Waals surface area contributed by atoms with Gasteiger partial charge in [0, 0.05) is 6.61 Å². The number of halogens is 1. The van der Waals surface area contributed by atoms with E-state index in [1.165, 1.54) is 17.5 Å². The highest BCUT2D eigenvalue weighted by molar-refractivity contribution is 5.25. The number of hydrogen-bond donors (Lipinski definition) is 1. The molecule has 2 atom stereocenters. The lowest BCUT2D eigenvalue weighted by Crippen LogP contribution is -2.08. The summed E-state index contributed by atoms with van der Waals surface area (Å²) in [5.74, 6) is 0.594. The Morgan fingerprint density at radius 2 is 1.79 bits per heavy atom. The highest BCUT2D eigenvalue weighted by atomic mass is 19.1. The lowest BCUT2D eigenvalue weighted by atomic mass is 9.90. The van der Waals surface area contributed by atoms with E-state index in [0.29, 0.717) is 12.3 Å². The molecule has 1 N–H and O–H groups in total. The largest absolute Gasteiger partial charge is 0.396 e. The van der Waals surface area contributed by atoms with Crippen LogP contribution < -0.4 is 0 Å². The van der Waals surface area contributed by atoms with Gasteiger partial charge in [-0.15, -0.1) is 0 Å². The molecule has 1 nitrogen and oxygen atoms in total. The molecule has 0 radical (unpaired) electrons. The van der Waals surface area contributed by atoms with E-state index in [0.717, 1.165) is 19.3 Å². The lowest BCUT2D eigenvalue weighted by Gasteiger charge is -2.17. The molecule has 0 bridgehead atoms. The first-order chi connectivity index (χ1) is 9.21. The Labute approximate surface area is 116 Å². The van der Waals surface area contributed by atoms with E-state index in [1.807, 2.05) is 0 Å². The average Bonchev–Trinajstić information content (AvgIpc) is 2.44. The zero-order valence-electron chi connectivity index (χ0n) is 12.2. The molecule has 2 heteroatoms. The fourth-order valence-corrected chi connectivity index (χ4v) is 2.44. The van der Waals surface area contributed by atoms with Crippen LogP contribution in [0.1, 0.15) is 56.6 Å². The third-order valence-electron chi connectivity index (χ3n) is 3.87. The van der Waals surface area contributed by atoms with Gasteiger partial charge in [0.2, 0.25) is 0 Å². The Bertz CT molecular complexity index is 334. The van der Waals surface area contributed by atoms with Crippen LogP contribution in [0.25, 0.3) is 0 Å². The third-order valence-corrected chi connectivity index (χ3v) is 3.87. The molecule has 19 heavy (non-hydrogen) atoms. The first-order valence-corrected chi connectivity index (χ1v) is 7.46. The van der Waals surface area contributed by atoms with Gasteiger partial charge in [0.05, 0.1) is 6.67 Å². The van der Waals surface area contributed by atoms with Crippen molar-refractivity contribution in [3.63, 3.8) is 0 Å². The maximum Gasteiger partial charge on any atom is 0.0898 e. The fourth-order valence-electron chi connectivity index (χ4n) is 2.44. The van der Waals surface area contributed by atoms with E-state index in [-0.39, 0.29) is 19.2 Å². The number of hydrogen-bond acceptors (Lipinski definition) is 1. The molecule has 0 aromatic heterocycles. The Morgan fingerprint density at radius 3 is 2.32 bits per heavy atom. The molecule has 1 aromatic carbocycles. The predicted molar refractivity (Wildman–Crippen MR) is 79.3 cm³/mol. The summed E-state index contributed by atoms with van der Waals surface area (Å²) in [5.41, 5.74) is 2.74. The van der Waals surface area contributed by atoms with Crippen LogP contribution in [0.2, 0.25) is 0 Å². The molecule has 0 fully saturated rings. The van der Waals surface area contributed by atoms with Crippen molar-refractivity contribution in [1.82, 2.24) is 0 Å². The normalized spacial score (nSPS) is 14.3. The van der Waals surface area contributed by atoms with Crippen molar-refractivity contribution in [3.05, 3.63) is 35.4 Å². The molecule has 0 heterocycles. The van der Waals surface area contributed by atoms with Crippen molar-refractivity contribution < 1.29 is 9.50 Å². The van der Waals surface area contributed by atoms with Gasteiger partial charge in [-0.05, 0) is 48.6 Å². The Morgan fingerprint density at radius 1 is 1.11 bits per heavy atom. The molecule has 0 amide bonds. The Hall–Kier alpha value is -0.890. The first-order valence-electron chi connectivity index (χ1n) is 7.46. The van der Waals surface area contributed by atoms with Gasteiger partial charge in [0.1, 0.15) is 0 Å². The van der Waals surface area contributed by atoms with Crippen LogP contribution in [0.4, 0.5) is 4.39 Å². The number of alkyl halides is 1. The van der Waals surface area contributed by atoms with Gasteiger partial charge in [0.25, 0.3) is 0 Å². The van der Waals surface area contributed by atoms with E-state index in [9.17, 15) is 4.39 Å². The van der Waals surface area contributed by atoms with Crippen LogP contribution in [0.15, 0.2) is 24.3 Å². The second-order valence-corrected chi connectivity index (χ2v) is 5.50. The number of aryl methyl sites for hydroxylation is 1. The standard InChI is InChI=1S/C17H27FO/c1-3-4-15-7-9-17(10-8-15)14(2)5-6-16(13-19)11-12-18/h7-10,14,16,19H,3-6,11-13H2,1-2H3. The smallest absolute Gasteiger partial charge is 0.0898 e. The van der Waals surface area contributed by atoms with Gasteiger partial charge in [-0.2, -0.15) is 0 Å². The summed E-state index contributed by atoms with van der Waals surface area (Å²) in [6, 6.07) is 8.83. The van der Waals surface area contributed by atoms with Gasteiger partial charge >= 0.3 is 0 Å². The molecule has 0 aliphatic rings. The second-order valence-electron chi connectivity index (χ2n) is 5.50. The van der Waals surface area contributed by atoms with Crippen LogP contribution in [0.3, 0.4) is 0 Å². The molecule has 1 rings (SSSR count). The molecule has 0 aliphatic carbocycles. The molecule has 0 saturated heterocycles. The third kappa shape index (κ3) is 5.73. The van der Waals surface area contributed by atoms with Crippen LogP contribution in [-0.2, 0) is 6.42 Å². The summed E-state index contributed by atoms with van der Waals surface area (Å²) < 4.78 is 12.3. The lowest BCUT2D eigenvalue weighted by molar-refractivity contribution is 0.197. The summed E-state index contributed by atoms with van der Waals surface area (Å²) in [6.07, 6.45) is 4.71. The molecule has 108 valence electrons. The van der Waals surface area contributed by atoms with E-state index in [1.54, 1.807) is 0 Å². The summed E-state index contributed by atoms with van der Waals surface area (Å²) in [4.78, 5) is 0. The van der Waals surface area contributed by atoms with Crippen molar-refractivity contribution in [2.45, 2.75) is 51.9 Å². The zero-order chi connectivity index (χ0) is 14.1. The summed E-state index contributed by atoms with van der Waals surface area (Å²) in [5, 5.41) is 9.17. The molecule has 1 aromatic rings. The highest BCUT2D eigenvalue weighted by Gasteiger charge is 2.11. The molecular weight excluding hydrogens is 239 g/mol. The number of rotatable bonds is 9. The van der Waals surface area contributed by atoms with Crippen molar-refractivity contribution >= 4 is 0 Å². The van der Waals surface area contributed by atoms with Crippen LogP contribution >= 0.6 is 0 Å². The average molecular weight is 266 g/mol. The molecule has 0 aliphatic heterocycles. The van der Waals surface area contributed by atoms with Gasteiger partial charge in [0.15, 0.2) is 0 Å². The van der Waals surface area contributed by atoms with Crippen molar-refractivity contribution in [2.24, 2.45) is 5.92 Å². The van der Waals surface area contributed by atoms with Crippen LogP contribution in [0.5, 0.6) is 0 Å². The Balaban J connectivity index is 2.45. The van der Waals surface area contributed by atoms with E-state index < -0.39 is 0 Å². The van der Waals surface area contributed by atoms with Gasteiger partial charge in [-0.1, -0.05) is 44.5 Å². The maximum atomic E-state index is 12.3. The first kappa shape index (κ1) is 16.2. The van der Waals surface area contributed by atoms with E-state index in [2.05, 4.69) is 38.1 Å².